The molecule has 0 aliphatic heterocycles. The van der Waals surface area contributed by atoms with E-state index < -0.39 is 0 Å². The quantitative estimate of drug-likeness (QED) is 0.751. The van der Waals surface area contributed by atoms with Crippen molar-refractivity contribution in [1.82, 2.24) is 19.5 Å². The standard InChI is InChI=1S/C13H20N4O/c1-2-3-4-6-14-8-9-16-10-11-17-12(13(16)18)5-7-15-17/h5,7,10-11,14H,2-4,6,8-9H2,1H3. The van der Waals surface area contributed by atoms with Crippen LogP contribution >= 0.6 is 0 Å². The molecule has 0 spiro atoms. The minimum absolute atomic E-state index is 0.0189. The van der Waals surface area contributed by atoms with Gasteiger partial charge in [0.05, 0.1) is 6.20 Å². The van der Waals surface area contributed by atoms with Gasteiger partial charge in [-0.1, -0.05) is 19.8 Å². The molecule has 5 nitrogen and oxygen atoms in total. The van der Waals surface area contributed by atoms with E-state index >= 15 is 0 Å². The van der Waals surface area contributed by atoms with Gasteiger partial charge in [0.1, 0.15) is 5.52 Å². The highest BCUT2D eigenvalue weighted by molar-refractivity contribution is 5.42. The summed E-state index contributed by atoms with van der Waals surface area (Å²) in [5, 5.41) is 7.39. The lowest BCUT2D eigenvalue weighted by Crippen LogP contribution is -2.28. The number of hydrogen-bond acceptors (Lipinski definition) is 3. The molecule has 0 radical (unpaired) electrons. The number of rotatable bonds is 7. The largest absolute Gasteiger partial charge is 0.315 e. The molecule has 0 aromatic carbocycles. The van der Waals surface area contributed by atoms with E-state index in [9.17, 15) is 4.79 Å². The lowest BCUT2D eigenvalue weighted by molar-refractivity contribution is 0.560. The number of unbranched alkanes of at least 4 members (excludes halogenated alkanes) is 2. The molecule has 0 unspecified atom stereocenters. The number of aromatic nitrogens is 3. The molecule has 0 aliphatic rings. The number of nitrogens with zero attached hydrogens (tertiary/aromatic N) is 3. The molecular weight excluding hydrogens is 228 g/mol. The SMILES string of the molecule is CCCCCNCCn1ccn2nccc2c1=O. The van der Waals surface area contributed by atoms with Crippen LogP contribution < -0.4 is 10.9 Å². The van der Waals surface area contributed by atoms with Crippen LogP contribution in [0.25, 0.3) is 5.52 Å². The first-order chi connectivity index (χ1) is 8.83. The Balaban J connectivity index is 1.88. The van der Waals surface area contributed by atoms with Crippen LogP contribution in [-0.4, -0.2) is 27.3 Å². The molecule has 0 bridgehead atoms. The first-order valence-corrected chi connectivity index (χ1v) is 6.56. The van der Waals surface area contributed by atoms with Gasteiger partial charge in [-0.05, 0) is 19.0 Å². The van der Waals surface area contributed by atoms with E-state index in [4.69, 9.17) is 0 Å². The van der Waals surface area contributed by atoms with Crippen LogP contribution in [-0.2, 0) is 6.54 Å². The van der Waals surface area contributed by atoms with Crippen molar-refractivity contribution in [1.29, 1.82) is 0 Å². The fourth-order valence-electron chi connectivity index (χ4n) is 1.96. The smallest absolute Gasteiger partial charge is 0.276 e. The van der Waals surface area contributed by atoms with Crippen molar-refractivity contribution in [3.63, 3.8) is 0 Å². The summed E-state index contributed by atoms with van der Waals surface area (Å²) in [6.07, 6.45) is 8.94. The van der Waals surface area contributed by atoms with Gasteiger partial charge in [-0.15, -0.1) is 0 Å². The molecule has 98 valence electrons. The van der Waals surface area contributed by atoms with Crippen molar-refractivity contribution in [3.05, 3.63) is 35.0 Å². The van der Waals surface area contributed by atoms with E-state index in [1.165, 1.54) is 19.3 Å². The molecule has 2 heterocycles. The molecule has 18 heavy (non-hydrogen) atoms. The Bertz CT molecular complexity index is 543. The van der Waals surface area contributed by atoms with Crippen LogP contribution in [0.4, 0.5) is 0 Å². The zero-order valence-corrected chi connectivity index (χ0v) is 10.8. The molecule has 0 fully saturated rings. The Labute approximate surface area is 106 Å². The predicted octanol–water partition coefficient (Wildman–Crippen LogP) is 1.28. The molecule has 2 aromatic rings. The van der Waals surface area contributed by atoms with E-state index in [0.29, 0.717) is 12.1 Å². The molecule has 5 heteroatoms. The molecule has 0 atom stereocenters. The topological polar surface area (TPSA) is 51.3 Å². The van der Waals surface area contributed by atoms with Crippen LogP contribution in [0.1, 0.15) is 26.2 Å². The van der Waals surface area contributed by atoms with E-state index in [1.54, 1.807) is 27.5 Å². The summed E-state index contributed by atoms with van der Waals surface area (Å²) in [6.45, 7) is 4.75. The molecular formula is C13H20N4O. The minimum Gasteiger partial charge on any atom is -0.315 e. The van der Waals surface area contributed by atoms with Gasteiger partial charge in [0.15, 0.2) is 0 Å². The highest BCUT2D eigenvalue weighted by Crippen LogP contribution is 1.94. The van der Waals surface area contributed by atoms with Crippen molar-refractivity contribution in [2.75, 3.05) is 13.1 Å². The van der Waals surface area contributed by atoms with Crippen molar-refractivity contribution in [2.24, 2.45) is 0 Å². The van der Waals surface area contributed by atoms with Gasteiger partial charge in [-0.3, -0.25) is 4.79 Å². The van der Waals surface area contributed by atoms with E-state index in [-0.39, 0.29) is 5.56 Å². The first-order valence-electron chi connectivity index (χ1n) is 6.56. The minimum atomic E-state index is 0.0189. The van der Waals surface area contributed by atoms with Gasteiger partial charge >= 0.3 is 0 Å². The molecule has 0 saturated carbocycles. The van der Waals surface area contributed by atoms with Crippen LogP contribution in [0.2, 0.25) is 0 Å². The second-order valence-corrected chi connectivity index (χ2v) is 4.41. The lowest BCUT2D eigenvalue weighted by atomic mass is 10.2. The van der Waals surface area contributed by atoms with Crippen molar-refractivity contribution in [3.8, 4) is 0 Å². The molecule has 0 amide bonds. The monoisotopic (exact) mass is 248 g/mol. The maximum atomic E-state index is 12.0. The highest BCUT2D eigenvalue weighted by Gasteiger charge is 2.02. The summed E-state index contributed by atoms with van der Waals surface area (Å²) < 4.78 is 3.33. The van der Waals surface area contributed by atoms with Crippen molar-refractivity contribution in [2.45, 2.75) is 32.7 Å². The van der Waals surface area contributed by atoms with Crippen LogP contribution in [0, 0.1) is 0 Å². The zero-order chi connectivity index (χ0) is 12.8. The third kappa shape index (κ3) is 2.98. The maximum Gasteiger partial charge on any atom is 0.276 e. The fourth-order valence-corrected chi connectivity index (χ4v) is 1.96. The van der Waals surface area contributed by atoms with E-state index in [0.717, 1.165) is 13.1 Å². The maximum absolute atomic E-state index is 12.0. The van der Waals surface area contributed by atoms with Gasteiger partial charge < -0.3 is 9.88 Å². The summed E-state index contributed by atoms with van der Waals surface area (Å²) in [7, 11) is 0. The summed E-state index contributed by atoms with van der Waals surface area (Å²) in [5.41, 5.74) is 0.647. The molecule has 2 rings (SSSR count). The normalized spacial score (nSPS) is 11.2. The number of fused-ring (bicyclic) bond motifs is 1. The Morgan fingerprint density at radius 2 is 2.17 bits per heavy atom. The van der Waals surface area contributed by atoms with Gasteiger partial charge in [0.25, 0.3) is 5.56 Å². The van der Waals surface area contributed by atoms with E-state index in [1.807, 2.05) is 6.20 Å². The molecule has 1 N–H and O–H groups in total. The van der Waals surface area contributed by atoms with Gasteiger partial charge in [-0.25, -0.2) is 4.52 Å². The average Bonchev–Trinajstić information content (AvgIpc) is 2.85. The van der Waals surface area contributed by atoms with E-state index in [2.05, 4.69) is 17.3 Å². The third-order valence-electron chi connectivity index (χ3n) is 3.02. The molecule has 2 aromatic heterocycles. The Kier molecular flexibility index (Phi) is 4.52. The summed E-state index contributed by atoms with van der Waals surface area (Å²) in [4.78, 5) is 12.0. The van der Waals surface area contributed by atoms with Crippen LogP contribution in [0.5, 0.6) is 0 Å². The second-order valence-electron chi connectivity index (χ2n) is 4.41. The second kappa shape index (κ2) is 6.35. The van der Waals surface area contributed by atoms with Gasteiger partial charge in [0, 0.05) is 25.5 Å². The van der Waals surface area contributed by atoms with Crippen LogP contribution in [0.3, 0.4) is 0 Å². The molecule has 0 saturated heterocycles. The van der Waals surface area contributed by atoms with Gasteiger partial charge in [-0.2, -0.15) is 5.10 Å². The average molecular weight is 248 g/mol. The van der Waals surface area contributed by atoms with Gasteiger partial charge in [0.2, 0.25) is 0 Å². The summed E-state index contributed by atoms with van der Waals surface area (Å²) in [6, 6.07) is 1.74. The summed E-state index contributed by atoms with van der Waals surface area (Å²) in [5.74, 6) is 0. The lowest BCUT2D eigenvalue weighted by Gasteiger charge is -2.07. The first kappa shape index (κ1) is 12.8. The van der Waals surface area contributed by atoms with Crippen molar-refractivity contribution < 1.29 is 0 Å². The zero-order valence-electron chi connectivity index (χ0n) is 10.8. The number of hydrogen-bond donors (Lipinski definition) is 1. The predicted molar refractivity (Wildman–Crippen MR) is 71.8 cm³/mol. The number of nitrogens with one attached hydrogen (secondary N) is 1. The summed E-state index contributed by atoms with van der Waals surface area (Å²) >= 11 is 0. The Hall–Kier alpha value is -1.62. The fraction of sp³-hybridized carbons (Fsp3) is 0.538. The van der Waals surface area contributed by atoms with Crippen LogP contribution in [0.15, 0.2) is 29.5 Å². The highest BCUT2D eigenvalue weighted by atomic mass is 16.1. The van der Waals surface area contributed by atoms with Crippen molar-refractivity contribution >= 4 is 5.52 Å². The third-order valence-corrected chi connectivity index (χ3v) is 3.02. The Morgan fingerprint density at radius 1 is 1.28 bits per heavy atom. The Morgan fingerprint density at radius 3 is 3.00 bits per heavy atom. The molecule has 0 aliphatic carbocycles.